The predicted octanol–water partition coefficient (Wildman–Crippen LogP) is -2.22. The summed E-state index contributed by atoms with van der Waals surface area (Å²) < 4.78 is 47.8. The molecule has 0 aromatic rings. The van der Waals surface area contributed by atoms with E-state index in [4.69, 9.17) is 9.81 Å². The Hall–Kier alpha value is -0.890. The van der Waals surface area contributed by atoms with Gasteiger partial charge in [-0.3, -0.25) is 4.55 Å². The summed E-state index contributed by atoms with van der Waals surface area (Å²) in [6, 6.07) is 0. The van der Waals surface area contributed by atoms with Crippen LogP contribution in [0.1, 0.15) is 0 Å². The molecule has 64 valence electrons. The Balaban J connectivity index is 5.33. The van der Waals surface area contributed by atoms with Crippen molar-refractivity contribution in [3.63, 3.8) is 0 Å². The number of hydrogen-bond donors (Lipinski definition) is 2. The molecule has 0 spiro atoms. The molecule has 0 bridgehead atoms. The van der Waals surface area contributed by atoms with Crippen LogP contribution < -0.4 is 5.84 Å². The fourth-order valence-electron chi connectivity index (χ4n) is 0.151. The highest BCUT2D eigenvalue weighted by Gasteiger charge is 2.32. The van der Waals surface area contributed by atoms with Crippen LogP contribution in [-0.2, 0) is 18.2 Å². The van der Waals surface area contributed by atoms with Gasteiger partial charge in [0.25, 0.3) is 0 Å². The average Bonchev–Trinajstić information content (AvgIpc) is 1.83. The molecule has 0 atom stereocenters. The van der Waals surface area contributed by atoms with Crippen molar-refractivity contribution in [3.05, 3.63) is 0 Å². The van der Waals surface area contributed by atoms with Gasteiger partial charge in [0.2, 0.25) is 6.19 Å². The number of nitriles is 1. The maximum absolute atomic E-state index is 10.3. The van der Waals surface area contributed by atoms with Gasteiger partial charge in [-0.1, -0.05) is 0 Å². The SMILES string of the molecule is N#CN(N)S(=O)(=O)S(=O)(=O)O. The lowest BCUT2D eigenvalue weighted by Crippen LogP contribution is -2.37. The number of hydrogen-bond acceptors (Lipinski definition) is 6. The van der Waals surface area contributed by atoms with Crippen molar-refractivity contribution in [1.29, 1.82) is 5.26 Å². The van der Waals surface area contributed by atoms with E-state index in [2.05, 4.69) is 5.84 Å². The van der Waals surface area contributed by atoms with E-state index in [0.717, 1.165) is 6.19 Å². The van der Waals surface area contributed by atoms with Gasteiger partial charge in [-0.2, -0.15) is 22.1 Å². The molecule has 10 heteroatoms. The van der Waals surface area contributed by atoms with Gasteiger partial charge < -0.3 is 0 Å². The molecule has 0 aromatic heterocycles. The molecule has 0 aliphatic carbocycles. The fourth-order valence-corrected chi connectivity index (χ4v) is 1.16. The molecule has 3 N–H and O–H groups in total. The third kappa shape index (κ3) is 1.77. The van der Waals surface area contributed by atoms with Gasteiger partial charge in [0.1, 0.15) is 0 Å². The second kappa shape index (κ2) is 2.62. The van der Waals surface area contributed by atoms with Crippen molar-refractivity contribution in [1.82, 2.24) is 4.41 Å². The molecule has 0 aromatic carbocycles. The largest absolute Gasteiger partial charge is 0.393 e. The van der Waals surface area contributed by atoms with Crippen LogP contribution in [0.5, 0.6) is 0 Å². The zero-order valence-electron chi connectivity index (χ0n) is 4.87. The van der Waals surface area contributed by atoms with Gasteiger partial charge in [-0.15, -0.1) is 4.41 Å². The first-order chi connectivity index (χ1) is 4.73. The van der Waals surface area contributed by atoms with E-state index in [-0.39, 0.29) is 0 Å². The highest BCUT2D eigenvalue weighted by Crippen LogP contribution is 2.00. The molecule has 0 amide bonds. The van der Waals surface area contributed by atoms with E-state index >= 15 is 0 Å². The van der Waals surface area contributed by atoms with Gasteiger partial charge in [0.15, 0.2) is 0 Å². The Bertz CT molecular complexity index is 370. The highest BCUT2D eigenvalue weighted by molar-refractivity contribution is 8.64. The van der Waals surface area contributed by atoms with Crippen LogP contribution in [0, 0.1) is 11.5 Å². The van der Waals surface area contributed by atoms with E-state index in [9.17, 15) is 16.8 Å². The standard InChI is InChI=1S/CH3N3O5S2/c2-1-4(3)10(5,6)11(7,8)9/h3H2,(H,7,8,9). The summed E-state index contributed by atoms with van der Waals surface area (Å²) in [6.07, 6.45) is 0.796. The summed E-state index contributed by atoms with van der Waals surface area (Å²) in [6.45, 7) is 0. The molecule has 0 radical (unpaired) electrons. The lowest BCUT2D eigenvalue weighted by Gasteiger charge is -2.04. The Morgan fingerprint density at radius 1 is 1.36 bits per heavy atom. The Morgan fingerprint density at radius 2 is 1.73 bits per heavy atom. The second-order valence-electron chi connectivity index (χ2n) is 1.28. The smallest absolute Gasteiger partial charge is 0.272 e. The first-order valence-electron chi connectivity index (χ1n) is 1.90. The zero-order valence-corrected chi connectivity index (χ0v) is 6.50. The summed E-state index contributed by atoms with van der Waals surface area (Å²) in [5, 5.41) is 7.83. The predicted molar refractivity (Wildman–Crippen MR) is 32.1 cm³/mol. The minimum Gasteiger partial charge on any atom is -0.272 e. The van der Waals surface area contributed by atoms with Crippen LogP contribution in [0.15, 0.2) is 0 Å². The van der Waals surface area contributed by atoms with Crippen LogP contribution in [0.4, 0.5) is 0 Å². The summed E-state index contributed by atoms with van der Waals surface area (Å²) in [5.74, 6) is 4.38. The van der Waals surface area contributed by atoms with Crippen LogP contribution >= 0.6 is 0 Å². The molecule has 0 aliphatic rings. The number of rotatable bonds is 2. The van der Waals surface area contributed by atoms with Crippen molar-refractivity contribution in [2.75, 3.05) is 0 Å². The topological polar surface area (TPSA) is 142 Å². The van der Waals surface area contributed by atoms with E-state index in [1.165, 1.54) is 0 Å². The van der Waals surface area contributed by atoms with E-state index in [1.54, 1.807) is 0 Å². The van der Waals surface area contributed by atoms with E-state index in [0.29, 0.717) is 0 Å². The minimum absolute atomic E-state index is 0.664. The van der Waals surface area contributed by atoms with Crippen molar-refractivity contribution in [3.8, 4) is 6.19 Å². The molecule has 0 rings (SSSR count). The number of hydrazine groups is 1. The Kier molecular flexibility index (Phi) is 2.41. The van der Waals surface area contributed by atoms with Gasteiger partial charge >= 0.3 is 18.2 Å². The summed E-state index contributed by atoms with van der Waals surface area (Å²) >= 11 is 0. The quantitative estimate of drug-likeness (QED) is 0.129. The molecule has 0 unspecified atom stereocenters. The molecule has 0 saturated carbocycles. The fraction of sp³-hybridized carbons (Fsp3) is 0. The average molecular weight is 201 g/mol. The van der Waals surface area contributed by atoms with Crippen molar-refractivity contribution >= 4 is 18.2 Å². The molecule has 0 heterocycles. The summed E-state index contributed by atoms with van der Waals surface area (Å²) in [4.78, 5) is 0. The third-order valence-corrected chi connectivity index (χ3v) is 3.78. The van der Waals surface area contributed by atoms with Gasteiger partial charge in [0.05, 0.1) is 0 Å². The molecule has 11 heavy (non-hydrogen) atoms. The van der Waals surface area contributed by atoms with Crippen molar-refractivity contribution in [2.45, 2.75) is 0 Å². The number of nitrogens with two attached hydrogens (primary N) is 1. The normalized spacial score (nSPS) is 12.1. The molecule has 0 aliphatic heterocycles. The lowest BCUT2D eigenvalue weighted by molar-refractivity contribution is 0.478. The molecule has 0 fully saturated rings. The van der Waals surface area contributed by atoms with Crippen molar-refractivity contribution in [2.24, 2.45) is 5.84 Å². The van der Waals surface area contributed by atoms with Crippen molar-refractivity contribution < 1.29 is 21.4 Å². The van der Waals surface area contributed by atoms with Gasteiger partial charge in [-0.05, 0) is 0 Å². The molecular formula is CH3N3O5S2. The van der Waals surface area contributed by atoms with Crippen LogP contribution in [0.2, 0.25) is 0 Å². The van der Waals surface area contributed by atoms with Gasteiger partial charge in [0, 0.05) is 0 Å². The number of nitrogens with zero attached hydrogens (tertiary/aromatic N) is 2. The minimum atomic E-state index is -5.36. The lowest BCUT2D eigenvalue weighted by atomic mass is 11.4. The monoisotopic (exact) mass is 201 g/mol. The maximum atomic E-state index is 10.3. The van der Waals surface area contributed by atoms with E-state index < -0.39 is 22.6 Å². The van der Waals surface area contributed by atoms with E-state index in [1.807, 2.05) is 0 Å². The first kappa shape index (κ1) is 10.1. The maximum Gasteiger partial charge on any atom is 0.393 e. The highest BCUT2D eigenvalue weighted by atomic mass is 33.2. The second-order valence-corrected chi connectivity index (χ2v) is 5.91. The molecule has 0 saturated heterocycles. The molecular weight excluding hydrogens is 198 g/mol. The van der Waals surface area contributed by atoms with Crippen LogP contribution in [-0.4, -0.2) is 25.8 Å². The van der Waals surface area contributed by atoms with Gasteiger partial charge in [-0.25, -0.2) is 5.84 Å². The summed E-state index contributed by atoms with van der Waals surface area (Å²) in [5.41, 5.74) is 0. The van der Waals surface area contributed by atoms with Crippen LogP contribution in [0.25, 0.3) is 0 Å². The molecule has 8 nitrogen and oxygen atoms in total. The Morgan fingerprint density at radius 3 is 1.82 bits per heavy atom. The first-order valence-corrected chi connectivity index (χ1v) is 5.30. The van der Waals surface area contributed by atoms with Crippen LogP contribution in [0.3, 0.4) is 0 Å². The Labute approximate surface area is 62.0 Å². The third-order valence-electron chi connectivity index (χ3n) is 0.606. The zero-order chi connectivity index (χ0) is 9.28. The summed E-state index contributed by atoms with van der Waals surface area (Å²) in [7, 11) is -10.5.